The highest BCUT2D eigenvalue weighted by Crippen LogP contribution is 2.33. The summed E-state index contributed by atoms with van der Waals surface area (Å²) in [6.45, 7) is 4.70. The third-order valence-electron chi connectivity index (χ3n) is 2.82. The van der Waals surface area contributed by atoms with Gasteiger partial charge in [0.15, 0.2) is 0 Å². The third kappa shape index (κ3) is 2.99. The van der Waals surface area contributed by atoms with E-state index < -0.39 is 0 Å². The zero-order valence-electron chi connectivity index (χ0n) is 8.55. The molecule has 0 radical (unpaired) electrons. The molecule has 1 rings (SSSR count). The first-order chi connectivity index (χ1) is 6.19. The van der Waals surface area contributed by atoms with E-state index in [4.69, 9.17) is 5.73 Å². The molecule has 3 unspecified atom stereocenters. The molecule has 1 fully saturated rings. The number of nitrogens with one attached hydrogen (secondary N) is 1. The van der Waals surface area contributed by atoms with Gasteiger partial charge in [-0.1, -0.05) is 20.3 Å². The molecule has 0 aromatic heterocycles. The summed E-state index contributed by atoms with van der Waals surface area (Å²) < 4.78 is 0. The summed E-state index contributed by atoms with van der Waals surface area (Å²) in [5, 5.41) is 3.04. The SMILES string of the molecule is CCC1CC1NC(=O)C(C)CCN. The number of hydrogen-bond acceptors (Lipinski definition) is 2. The predicted molar refractivity (Wildman–Crippen MR) is 53.2 cm³/mol. The molecule has 1 aliphatic rings. The van der Waals surface area contributed by atoms with Crippen molar-refractivity contribution < 1.29 is 4.79 Å². The fourth-order valence-corrected chi connectivity index (χ4v) is 1.58. The van der Waals surface area contributed by atoms with Crippen molar-refractivity contribution in [2.24, 2.45) is 17.6 Å². The molecule has 0 bridgehead atoms. The monoisotopic (exact) mass is 184 g/mol. The van der Waals surface area contributed by atoms with E-state index in [-0.39, 0.29) is 11.8 Å². The lowest BCUT2D eigenvalue weighted by Crippen LogP contribution is -2.32. The van der Waals surface area contributed by atoms with Crippen molar-refractivity contribution in [2.75, 3.05) is 6.54 Å². The summed E-state index contributed by atoms with van der Waals surface area (Å²) in [7, 11) is 0. The van der Waals surface area contributed by atoms with Crippen molar-refractivity contribution in [2.45, 2.75) is 39.2 Å². The van der Waals surface area contributed by atoms with Crippen molar-refractivity contribution >= 4 is 5.91 Å². The Bertz CT molecular complexity index is 182. The van der Waals surface area contributed by atoms with E-state index in [0.717, 1.165) is 18.8 Å². The minimum absolute atomic E-state index is 0.0723. The molecular formula is C10H20N2O. The summed E-state index contributed by atoms with van der Waals surface area (Å²) in [5.74, 6) is 0.975. The summed E-state index contributed by atoms with van der Waals surface area (Å²) in [6, 6.07) is 0.456. The average molecular weight is 184 g/mol. The second kappa shape index (κ2) is 4.61. The van der Waals surface area contributed by atoms with Gasteiger partial charge in [-0.2, -0.15) is 0 Å². The highest BCUT2D eigenvalue weighted by atomic mass is 16.1. The highest BCUT2D eigenvalue weighted by molar-refractivity contribution is 5.78. The Morgan fingerprint density at radius 3 is 2.85 bits per heavy atom. The topological polar surface area (TPSA) is 55.1 Å². The summed E-state index contributed by atoms with van der Waals surface area (Å²) in [6.07, 6.45) is 3.13. The van der Waals surface area contributed by atoms with Gasteiger partial charge in [0.1, 0.15) is 0 Å². The van der Waals surface area contributed by atoms with E-state index in [1.807, 2.05) is 6.92 Å². The number of rotatable bonds is 5. The molecule has 3 atom stereocenters. The number of amides is 1. The zero-order valence-corrected chi connectivity index (χ0v) is 8.55. The van der Waals surface area contributed by atoms with Crippen LogP contribution in [-0.4, -0.2) is 18.5 Å². The maximum Gasteiger partial charge on any atom is 0.223 e. The maximum absolute atomic E-state index is 11.5. The van der Waals surface area contributed by atoms with Crippen LogP contribution in [0.15, 0.2) is 0 Å². The van der Waals surface area contributed by atoms with Crippen LogP contribution in [0.1, 0.15) is 33.1 Å². The number of hydrogen-bond donors (Lipinski definition) is 2. The lowest BCUT2D eigenvalue weighted by molar-refractivity contribution is -0.124. The number of nitrogens with two attached hydrogens (primary N) is 1. The van der Waals surface area contributed by atoms with Gasteiger partial charge in [-0.15, -0.1) is 0 Å². The fraction of sp³-hybridized carbons (Fsp3) is 0.900. The molecule has 76 valence electrons. The molecule has 0 aromatic rings. The highest BCUT2D eigenvalue weighted by Gasteiger charge is 2.36. The first-order valence-corrected chi connectivity index (χ1v) is 5.19. The zero-order chi connectivity index (χ0) is 9.84. The largest absolute Gasteiger partial charge is 0.353 e. The molecule has 13 heavy (non-hydrogen) atoms. The Hall–Kier alpha value is -0.570. The molecule has 3 nitrogen and oxygen atoms in total. The Morgan fingerprint density at radius 1 is 1.69 bits per heavy atom. The molecule has 0 spiro atoms. The normalized spacial score (nSPS) is 28.2. The lowest BCUT2D eigenvalue weighted by Gasteiger charge is -2.10. The van der Waals surface area contributed by atoms with Crippen LogP contribution in [0, 0.1) is 11.8 Å². The summed E-state index contributed by atoms with van der Waals surface area (Å²) in [4.78, 5) is 11.5. The Morgan fingerprint density at radius 2 is 2.38 bits per heavy atom. The Balaban J connectivity index is 2.18. The first kappa shape index (κ1) is 10.5. The molecule has 1 saturated carbocycles. The minimum Gasteiger partial charge on any atom is -0.353 e. The van der Waals surface area contributed by atoms with Crippen LogP contribution in [0.4, 0.5) is 0 Å². The van der Waals surface area contributed by atoms with Crippen LogP contribution < -0.4 is 11.1 Å². The number of carbonyl (C=O) groups is 1. The van der Waals surface area contributed by atoms with E-state index >= 15 is 0 Å². The van der Waals surface area contributed by atoms with Gasteiger partial charge in [0.25, 0.3) is 0 Å². The second-order valence-corrected chi connectivity index (χ2v) is 4.00. The van der Waals surface area contributed by atoms with Crippen LogP contribution in [0.2, 0.25) is 0 Å². The van der Waals surface area contributed by atoms with Crippen molar-refractivity contribution in [1.29, 1.82) is 0 Å². The molecule has 0 heterocycles. The quantitative estimate of drug-likeness (QED) is 0.666. The molecular weight excluding hydrogens is 164 g/mol. The van der Waals surface area contributed by atoms with E-state index in [1.165, 1.54) is 6.42 Å². The van der Waals surface area contributed by atoms with Crippen LogP contribution in [0.25, 0.3) is 0 Å². The molecule has 1 aliphatic carbocycles. The van der Waals surface area contributed by atoms with E-state index in [9.17, 15) is 4.79 Å². The van der Waals surface area contributed by atoms with Gasteiger partial charge in [-0.3, -0.25) is 4.79 Å². The fourth-order valence-electron chi connectivity index (χ4n) is 1.58. The molecule has 1 amide bonds. The van der Waals surface area contributed by atoms with Gasteiger partial charge in [0, 0.05) is 12.0 Å². The second-order valence-electron chi connectivity index (χ2n) is 4.00. The molecule has 3 N–H and O–H groups in total. The van der Waals surface area contributed by atoms with Crippen LogP contribution in [0.3, 0.4) is 0 Å². The van der Waals surface area contributed by atoms with Gasteiger partial charge in [-0.25, -0.2) is 0 Å². The van der Waals surface area contributed by atoms with E-state index in [2.05, 4.69) is 12.2 Å². The minimum atomic E-state index is 0.0723. The van der Waals surface area contributed by atoms with E-state index in [1.54, 1.807) is 0 Å². The first-order valence-electron chi connectivity index (χ1n) is 5.19. The summed E-state index contributed by atoms with van der Waals surface area (Å²) in [5.41, 5.74) is 5.39. The smallest absolute Gasteiger partial charge is 0.223 e. The Labute approximate surface area is 80.1 Å². The van der Waals surface area contributed by atoms with Gasteiger partial charge in [-0.05, 0) is 25.3 Å². The number of carbonyl (C=O) groups excluding carboxylic acids is 1. The van der Waals surface area contributed by atoms with Gasteiger partial charge in [0.05, 0.1) is 0 Å². The van der Waals surface area contributed by atoms with Crippen LogP contribution in [0.5, 0.6) is 0 Å². The summed E-state index contributed by atoms with van der Waals surface area (Å²) >= 11 is 0. The molecule has 3 heteroatoms. The van der Waals surface area contributed by atoms with Gasteiger partial charge in [0.2, 0.25) is 5.91 Å². The van der Waals surface area contributed by atoms with Gasteiger partial charge >= 0.3 is 0 Å². The van der Waals surface area contributed by atoms with Crippen molar-refractivity contribution in [3.8, 4) is 0 Å². The molecule has 0 saturated heterocycles. The lowest BCUT2D eigenvalue weighted by atomic mass is 10.1. The van der Waals surface area contributed by atoms with Crippen LogP contribution >= 0.6 is 0 Å². The predicted octanol–water partition coefficient (Wildman–Crippen LogP) is 0.886. The van der Waals surface area contributed by atoms with Gasteiger partial charge < -0.3 is 11.1 Å². The Kier molecular flexibility index (Phi) is 3.72. The average Bonchev–Trinajstić information content (AvgIpc) is 2.83. The maximum atomic E-state index is 11.5. The molecule has 0 aromatic carbocycles. The van der Waals surface area contributed by atoms with Crippen molar-refractivity contribution in [1.82, 2.24) is 5.32 Å². The third-order valence-corrected chi connectivity index (χ3v) is 2.82. The van der Waals surface area contributed by atoms with E-state index in [0.29, 0.717) is 12.6 Å². The van der Waals surface area contributed by atoms with Crippen LogP contribution in [-0.2, 0) is 4.79 Å². The van der Waals surface area contributed by atoms with Crippen molar-refractivity contribution in [3.05, 3.63) is 0 Å². The van der Waals surface area contributed by atoms with Crippen molar-refractivity contribution in [3.63, 3.8) is 0 Å². The molecule has 0 aliphatic heterocycles. The standard InChI is InChI=1S/C10H20N2O/c1-3-8-6-9(8)12-10(13)7(2)4-5-11/h7-9H,3-6,11H2,1-2H3,(H,12,13).